The van der Waals surface area contributed by atoms with Crippen molar-refractivity contribution < 1.29 is 0 Å². The Balaban J connectivity index is 1.33. The molecule has 11 rings (SSSR count). The predicted molar refractivity (Wildman–Crippen MR) is 318 cm³/mol. The zero-order chi connectivity index (χ0) is 52.2. The first-order valence-electron chi connectivity index (χ1n) is 27.9. The van der Waals surface area contributed by atoms with E-state index in [0.29, 0.717) is 0 Å². The Morgan fingerprint density at radius 3 is 1.32 bits per heavy atom. The summed E-state index contributed by atoms with van der Waals surface area (Å²) in [4.78, 5) is 5.56. The molecule has 0 spiro atoms. The van der Waals surface area contributed by atoms with E-state index in [4.69, 9.17) is 0 Å². The van der Waals surface area contributed by atoms with Crippen molar-refractivity contribution in [2.45, 2.75) is 233 Å². The highest BCUT2D eigenvalue weighted by Crippen LogP contribution is 2.56. The lowest BCUT2D eigenvalue weighted by molar-refractivity contribution is 0.332. The topological polar surface area (TPSA) is 6.48 Å². The van der Waals surface area contributed by atoms with E-state index in [0.717, 1.165) is 0 Å². The van der Waals surface area contributed by atoms with E-state index < -0.39 is 0 Å². The minimum absolute atomic E-state index is 0.0361. The summed E-state index contributed by atoms with van der Waals surface area (Å²) < 4.78 is 2.92. The molecule has 4 heteroatoms. The molecule has 5 aromatic carbocycles. The maximum absolute atomic E-state index is 2.80. The standard InChI is InChI=1S/C68H87BN2S/c1-60(2,3)40-30-41(61(4,5)6)32-44(31-40)70-53-38-50-49(66(16,17)27-28-67(50,18)19)37-52(53)69-57-54(70)33-42(62(7,8)9)34-55(57)71(43-22-23-46-47(35-43)64(12,13)25-24-63(46,10)11)58-45-36-48-51(39-56(45)72-59(58)69)68(20,21)29-26-65(48,14)15/h22-23,30-39H,24-29H2,1-21H3. The number of fused-ring (bicyclic) bond motifs is 9. The van der Waals surface area contributed by atoms with Crippen LogP contribution in [-0.4, -0.2) is 6.71 Å². The van der Waals surface area contributed by atoms with E-state index in [-0.39, 0.29) is 55.4 Å². The molecule has 0 radical (unpaired) electrons. The summed E-state index contributed by atoms with van der Waals surface area (Å²) >= 11 is 2.10. The third kappa shape index (κ3) is 7.49. The number of hydrogen-bond donors (Lipinski definition) is 0. The summed E-state index contributed by atoms with van der Waals surface area (Å²) in [6.07, 6.45) is 7.16. The van der Waals surface area contributed by atoms with Gasteiger partial charge in [0.2, 0.25) is 0 Å². The molecular weight excluding hydrogens is 888 g/mol. The summed E-state index contributed by atoms with van der Waals surface area (Å²) in [5, 5.41) is 1.42. The number of thiophene rings is 1. The maximum Gasteiger partial charge on any atom is 0.264 e. The van der Waals surface area contributed by atoms with Crippen molar-refractivity contribution in [3.63, 3.8) is 0 Å². The molecule has 0 fully saturated rings. The normalized spacial score (nSPS) is 20.8. The second-order valence-electron chi connectivity index (χ2n) is 30.7. The second kappa shape index (κ2) is 15.2. The Morgan fingerprint density at radius 2 is 0.819 bits per heavy atom. The predicted octanol–water partition coefficient (Wildman–Crippen LogP) is 17.9. The van der Waals surface area contributed by atoms with E-state index in [1.807, 2.05) is 0 Å². The van der Waals surface area contributed by atoms with Gasteiger partial charge in [-0.3, -0.25) is 0 Å². The van der Waals surface area contributed by atoms with E-state index in [9.17, 15) is 0 Å². The van der Waals surface area contributed by atoms with Gasteiger partial charge in [-0.25, -0.2) is 0 Å². The lowest BCUT2D eigenvalue weighted by Crippen LogP contribution is -2.61. The average Bonchev–Trinajstić information content (AvgIpc) is 3.64. The number of nitrogens with zero attached hydrogens (tertiary/aromatic N) is 2. The summed E-state index contributed by atoms with van der Waals surface area (Å²) in [5.74, 6) is 0. The number of hydrogen-bond acceptors (Lipinski definition) is 3. The summed E-state index contributed by atoms with van der Waals surface area (Å²) in [7, 11) is 0. The minimum Gasteiger partial charge on any atom is -0.311 e. The average molecular weight is 975 g/mol. The van der Waals surface area contributed by atoms with Crippen LogP contribution in [0, 0.1) is 0 Å². The Labute approximate surface area is 440 Å². The van der Waals surface area contributed by atoms with Crippen LogP contribution >= 0.6 is 11.3 Å². The maximum atomic E-state index is 2.80. The van der Waals surface area contributed by atoms with Gasteiger partial charge >= 0.3 is 0 Å². The molecule has 0 amide bonds. The lowest BCUT2D eigenvalue weighted by atomic mass is 9.35. The Hall–Kier alpha value is -4.28. The molecule has 378 valence electrons. The quantitative estimate of drug-likeness (QED) is 0.159. The van der Waals surface area contributed by atoms with Crippen LogP contribution in [0.4, 0.5) is 34.1 Å². The summed E-state index contributed by atoms with van der Waals surface area (Å²) in [6.45, 7) is 51.7. The third-order valence-electron chi connectivity index (χ3n) is 19.5. The van der Waals surface area contributed by atoms with Gasteiger partial charge in [0, 0.05) is 43.3 Å². The van der Waals surface area contributed by atoms with Crippen molar-refractivity contribution in [2.24, 2.45) is 0 Å². The van der Waals surface area contributed by atoms with Crippen LogP contribution in [0.25, 0.3) is 10.1 Å². The van der Waals surface area contributed by atoms with Gasteiger partial charge in [0.05, 0.1) is 5.69 Å². The molecule has 0 saturated heterocycles. The molecule has 0 saturated carbocycles. The Kier molecular flexibility index (Phi) is 10.5. The van der Waals surface area contributed by atoms with Crippen molar-refractivity contribution in [2.75, 3.05) is 9.80 Å². The van der Waals surface area contributed by atoms with Crippen LogP contribution in [-0.2, 0) is 48.7 Å². The van der Waals surface area contributed by atoms with E-state index in [1.54, 1.807) is 5.56 Å². The van der Waals surface area contributed by atoms with E-state index >= 15 is 0 Å². The second-order valence-corrected chi connectivity index (χ2v) is 31.8. The first-order valence-corrected chi connectivity index (χ1v) is 28.7. The molecule has 5 aliphatic rings. The number of benzene rings is 5. The lowest BCUT2D eigenvalue weighted by Gasteiger charge is -2.48. The van der Waals surface area contributed by atoms with Gasteiger partial charge in [0.15, 0.2) is 0 Å². The molecule has 1 aromatic heterocycles. The fourth-order valence-corrected chi connectivity index (χ4v) is 15.2. The Morgan fingerprint density at radius 1 is 0.403 bits per heavy atom. The smallest absolute Gasteiger partial charge is 0.264 e. The molecular formula is C68H87BN2S. The molecule has 2 aliphatic heterocycles. The zero-order valence-corrected chi connectivity index (χ0v) is 49.4. The van der Waals surface area contributed by atoms with Crippen molar-refractivity contribution >= 4 is 78.0 Å². The van der Waals surface area contributed by atoms with E-state index in [1.165, 1.54) is 143 Å². The van der Waals surface area contributed by atoms with Crippen molar-refractivity contribution in [3.05, 3.63) is 123 Å². The van der Waals surface area contributed by atoms with Crippen LogP contribution in [0.15, 0.2) is 72.8 Å². The molecule has 0 N–H and O–H groups in total. The first kappa shape index (κ1) is 49.9. The molecule has 0 atom stereocenters. The molecule has 0 unspecified atom stereocenters. The van der Waals surface area contributed by atoms with Crippen molar-refractivity contribution in [1.82, 2.24) is 0 Å². The summed E-state index contributed by atoms with van der Waals surface area (Å²) in [6, 6.07) is 31.4. The molecule has 0 bridgehead atoms. The molecule has 2 nitrogen and oxygen atoms in total. The van der Waals surface area contributed by atoms with Gasteiger partial charge in [-0.1, -0.05) is 164 Å². The Bertz CT molecular complexity index is 3240. The SMILES string of the molecule is CC(C)(C)c1cc(N2c3cc4c(cc3B3c5sc6cc7c(cc6c5N(c5ccc6c(c5)C(C)(C)CCC6(C)C)c5cc(C(C)(C)C)cc2c53)C(C)(C)CCC7(C)C)C(C)(C)CCC4(C)C)cc(C(C)(C)C)c1. The van der Waals surface area contributed by atoms with Crippen LogP contribution in [0.2, 0.25) is 0 Å². The highest BCUT2D eigenvalue weighted by molar-refractivity contribution is 7.33. The van der Waals surface area contributed by atoms with Gasteiger partial charge in [-0.2, -0.15) is 0 Å². The highest BCUT2D eigenvalue weighted by atomic mass is 32.1. The highest BCUT2D eigenvalue weighted by Gasteiger charge is 2.50. The van der Waals surface area contributed by atoms with E-state index in [2.05, 4.69) is 239 Å². The van der Waals surface area contributed by atoms with Gasteiger partial charge in [0.25, 0.3) is 6.71 Å². The molecule has 3 heterocycles. The number of rotatable bonds is 2. The molecule has 3 aliphatic carbocycles. The summed E-state index contributed by atoms with van der Waals surface area (Å²) in [5.41, 5.74) is 24.5. The van der Waals surface area contributed by atoms with Gasteiger partial charge in [-0.05, 0) is 203 Å². The van der Waals surface area contributed by atoms with Crippen LogP contribution < -0.4 is 25.5 Å². The van der Waals surface area contributed by atoms with Crippen molar-refractivity contribution in [1.29, 1.82) is 0 Å². The fraction of sp³-hybridized carbons (Fsp3) is 0.529. The first-order chi connectivity index (χ1) is 33.0. The molecule has 72 heavy (non-hydrogen) atoms. The molecule has 6 aromatic rings. The van der Waals surface area contributed by atoms with Crippen molar-refractivity contribution in [3.8, 4) is 0 Å². The third-order valence-corrected chi connectivity index (χ3v) is 20.7. The largest absolute Gasteiger partial charge is 0.311 e. The van der Waals surface area contributed by atoms with Crippen LogP contribution in [0.5, 0.6) is 0 Å². The monoisotopic (exact) mass is 975 g/mol. The van der Waals surface area contributed by atoms with Crippen LogP contribution in [0.3, 0.4) is 0 Å². The minimum atomic E-state index is -0.113. The fourth-order valence-electron chi connectivity index (χ4n) is 13.9. The van der Waals surface area contributed by atoms with Crippen LogP contribution in [0.1, 0.15) is 234 Å². The zero-order valence-electron chi connectivity index (χ0n) is 48.6. The van der Waals surface area contributed by atoms with Gasteiger partial charge in [0.1, 0.15) is 0 Å². The van der Waals surface area contributed by atoms with Gasteiger partial charge < -0.3 is 9.80 Å². The van der Waals surface area contributed by atoms with Gasteiger partial charge in [-0.15, -0.1) is 11.3 Å². The number of anilines is 6.